The van der Waals surface area contributed by atoms with Crippen molar-refractivity contribution in [2.75, 3.05) is 38.7 Å². The summed E-state index contributed by atoms with van der Waals surface area (Å²) < 4.78 is 5.57. The largest absolute Gasteiger partial charge is 0.382 e. The fraction of sp³-hybridized carbons (Fsp3) is 0.545. The quantitative estimate of drug-likeness (QED) is 0.156. The number of carbonyl (C=O) groups excluding carboxylic acids is 1. The predicted molar refractivity (Wildman–Crippen MR) is 130 cm³/mol. The van der Waals surface area contributed by atoms with Crippen LogP contribution < -0.4 is 16.0 Å². The normalized spacial score (nSPS) is 15.1. The van der Waals surface area contributed by atoms with Crippen LogP contribution in [0.2, 0.25) is 0 Å². The summed E-state index contributed by atoms with van der Waals surface area (Å²) in [4.78, 5) is 16.4. The number of nitrogens with zero attached hydrogens (tertiary/aromatic N) is 1. The van der Waals surface area contributed by atoms with Crippen molar-refractivity contribution in [2.24, 2.45) is 10.4 Å². The number of nitrogens with one attached hydrogen (secondary N) is 3. The third-order valence-electron chi connectivity index (χ3n) is 5.23. The minimum Gasteiger partial charge on any atom is -0.382 e. The highest BCUT2D eigenvalue weighted by Gasteiger charge is 2.33. The van der Waals surface area contributed by atoms with Gasteiger partial charge in [-0.2, -0.15) is 0 Å². The van der Waals surface area contributed by atoms with Crippen molar-refractivity contribution in [3.8, 4) is 12.3 Å². The molecule has 3 N–H and O–H groups in total. The SMILES string of the molecule is C#Cc1cccc(NC(=O)CNC(=NC)NCC2(CCOCC)CCCC2)c1.I. The Kier molecular flexibility index (Phi) is 11.7. The van der Waals surface area contributed by atoms with Gasteiger partial charge in [0.15, 0.2) is 5.96 Å². The van der Waals surface area contributed by atoms with Crippen LogP contribution in [0, 0.1) is 17.8 Å². The van der Waals surface area contributed by atoms with Gasteiger partial charge in [-0.1, -0.05) is 24.8 Å². The Hall–Kier alpha value is -1.79. The number of anilines is 1. The Morgan fingerprint density at radius 3 is 2.72 bits per heavy atom. The molecule has 0 aromatic heterocycles. The summed E-state index contributed by atoms with van der Waals surface area (Å²) in [5, 5.41) is 9.31. The summed E-state index contributed by atoms with van der Waals surface area (Å²) in [5.74, 6) is 3.05. The molecule has 160 valence electrons. The molecule has 1 aliphatic carbocycles. The fourth-order valence-electron chi connectivity index (χ4n) is 3.62. The Labute approximate surface area is 191 Å². The summed E-state index contributed by atoms with van der Waals surface area (Å²) in [6.07, 6.45) is 11.4. The highest BCUT2D eigenvalue weighted by Crippen LogP contribution is 2.40. The first kappa shape index (κ1) is 25.2. The van der Waals surface area contributed by atoms with E-state index in [2.05, 4.69) is 26.9 Å². The van der Waals surface area contributed by atoms with E-state index in [1.165, 1.54) is 25.7 Å². The molecule has 0 saturated heterocycles. The summed E-state index contributed by atoms with van der Waals surface area (Å²) >= 11 is 0. The van der Waals surface area contributed by atoms with Crippen LogP contribution in [0.1, 0.15) is 44.6 Å². The number of carbonyl (C=O) groups is 1. The van der Waals surface area contributed by atoms with E-state index < -0.39 is 0 Å². The summed E-state index contributed by atoms with van der Waals surface area (Å²) in [6, 6.07) is 7.23. The second kappa shape index (κ2) is 13.4. The zero-order chi connectivity index (χ0) is 20.2. The molecule has 6 nitrogen and oxygen atoms in total. The number of benzene rings is 1. The molecule has 0 radical (unpaired) electrons. The Morgan fingerprint density at radius 1 is 1.31 bits per heavy atom. The predicted octanol–water partition coefficient (Wildman–Crippen LogP) is 3.38. The Balaban J connectivity index is 0.00000420. The van der Waals surface area contributed by atoms with Crippen LogP contribution in [0.25, 0.3) is 0 Å². The van der Waals surface area contributed by atoms with Crippen LogP contribution in [-0.4, -0.2) is 45.2 Å². The molecule has 1 amide bonds. The summed E-state index contributed by atoms with van der Waals surface area (Å²) in [7, 11) is 1.71. The molecule has 7 heteroatoms. The van der Waals surface area contributed by atoms with Gasteiger partial charge in [-0.3, -0.25) is 9.79 Å². The lowest BCUT2D eigenvalue weighted by Crippen LogP contribution is -2.45. The van der Waals surface area contributed by atoms with Gasteiger partial charge < -0.3 is 20.7 Å². The molecule has 0 heterocycles. The molecule has 29 heavy (non-hydrogen) atoms. The number of hydrogen-bond acceptors (Lipinski definition) is 3. The van der Waals surface area contributed by atoms with E-state index in [4.69, 9.17) is 11.2 Å². The number of aliphatic imine (C=N–C) groups is 1. The Morgan fingerprint density at radius 2 is 2.07 bits per heavy atom. The molecular formula is C22H33IN4O2. The maximum atomic E-state index is 12.2. The van der Waals surface area contributed by atoms with Crippen LogP contribution in [0.15, 0.2) is 29.3 Å². The van der Waals surface area contributed by atoms with Gasteiger partial charge in [-0.25, -0.2) is 0 Å². The zero-order valence-electron chi connectivity index (χ0n) is 17.4. The zero-order valence-corrected chi connectivity index (χ0v) is 19.8. The molecule has 0 aliphatic heterocycles. The number of hydrogen-bond donors (Lipinski definition) is 3. The van der Waals surface area contributed by atoms with E-state index in [-0.39, 0.29) is 41.8 Å². The van der Waals surface area contributed by atoms with E-state index in [1.807, 2.05) is 25.1 Å². The number of guanidine groups is 1. The summed E-state index contributed by atoms with van der Waals surface area (Å²) in [5.41, 5.74) is 1.67. The van der Waals surface area contributed by atoms with Crippen LogP contribution in [0.3, 0.4) is 0 Å². The van der Waals surface area contributed by atoms with Gasteiger partial charge in [0.1, 0.15) is 0 Å². The third kappa shape index (κ3) is 8.62. The first-order chi connectivity index (χ1) is 13.6. The maximum absolute atomic E-state index is 12.2. The van der Waals surface area contributed by atoms with E-state index in [1.54, 1.807) is 13.1 Å². The average Bonchev–Trinajstić information content (AvgIpc) is 3.17. The number of amides is 1. The van der Waals surface area contributed by atoms with Gasteiger partial charge in [-0.15, -0.1) is 30.4 Å². The average molecular weight is 512 g/mol. The molecule has 1 saturated carbocycles. The monoisotopic (exact) mass is 512 g/mol. The lowest BCUT2D eigenvalue weighted by atomic mass is 9.83. The minimum absolute atomic E-state index is 0. The van der Waals surface area contributed by atoms with Gasteiger partial charge in [0, 0.05) is 38.1 Å². The second-order valence-electron chi connectivity index (χ2n) is 7.21. The van der Waals surface area contributed by atoms with Crippen molar-refractivity contribution < 1.29 is 9.53 Å². The molecule has 1 aliphatic rings. The van der Waals surface area contributed by atoms with Gasteiger partial charge in [0.25, 0.3) is 0 Å². The van der Waals surface area contributed by atoms with Crippen molar-refractivity contribution >= 4 is 41.5 Å². The van der Waals surface area contributed by atoms with Crippen molar-refractivity contribution in [1.29, 1.82) is 0 Å². The van der Waals surface area contributed by atoms with E-state index in [9.17, 15) is 4.79 Å². The van der Waals surface area contributed by atoms with Gasteiger partial charge in [0.2, 0.25) is 5.91 Å². The van der Waals surface area contributed by atoms with E-state index in [0.29, 0.717) is 11.6 Å². The number of ether oxygens (including phenoxy) is 1. The molecule has 1 fully saturated rings. The third-order valence-corrected chi connectivity index (χ3v) is 5.23. The van der Waals surface area contributed by atoms with E-state index in [0.717, 1.165) is 31.7 Å². The van der Waals surface area contributed by atoms with Gasteiger partial charge >= 0.3 is 0 Å². The van der Waals surface area contributed by atoms with Crippen molar-refractivity contribution in [1.82, 2.24) is 10.6 Å². The molecule has 0 unspecified atom stereocenters. The number of halogens is 1. The maximum Gasteiger partial charge on any atom is 0.243 e. The molecule has 2 rings (SSSR count). The molecular weight excluding hydrogens is 479 g/mol. The van der Waals surface area contributed by atoms with Crippen LogP contribution in [0.5, 0.6) is 0 Å². The van der Waals surface area contributed by atoms with Gasteiger partial charge in [-0.05, 0) is 49.8 Å². The lowest BCUT2D eigenvalue weighted by Gasteiger charge is -2.30. The fourth-order valence-corrected chi connectivity index (χ4v) is 3.62. The van der Waals surface area contributed by atoms with Crippen molar-refractivity contribution in [2.45, 2.75) is 39.0 Å². The minimum atomic E-state index is -0.149. The molecule has 0 bridgehead atoms. The van der Waals surface area contributed by atoms with Crippen LogP contribution in [-0.2, 0) is 9.53 Å². The number of terminal acetylenes is 1. The number of rotatable bonds is 9. The summed E-state index contributed by atoms with van der Waals surface area (Å²) in [6.45, 7) is 4.55. The smallest absolute Gasteiger partial charge is 0.243 e. The van der Waals surface area contributed by atoms with Crippen LogP contribution >= 0.6 is 24.0 Å². The molecule has 0 spiro atoms. The topological polar surface area (TPSA) is 74.8 Å². The Bertz CT molecular complexity index is 709. The van der Waals surface area contributed by atoms with Crippen LogP contribution in [0.4, 0.5) is 5.69 Å². The second-order valence-corrected chi connectivity index (χ2v) is 7.21. The first-order valence-electron chi connectivity index (χ1n) is 9.99. The first-order valence-corrected chi connectivity index (χ1v) is 9.99. The van der Waals surface area contributed by atoms with Crippen molar-refractivity contribution in [3.63, 3.8) is 0 Å². The highest BCUT2D eigenvalue weighted by molar-refractivity contribution is 14.0. The molecule has 1 aromatic rings. The molecule has 1 aromatic carbocycles. The van der Waals surface area contributed by atoms with E-state index >= 15 is 0 Å². The highest BCUT2D eigenvalue weighted by atomic mass is 127. The standard InChI is InChI=1S/C22H32N4O2.HI/c1-4-18-9-8-10-19(15-18)26-20(27)16-24-21(23-3)25-17-22(11-6-7-12-22)13-14-28-5-2;/h1,8-10,15H,5-7,11-14,16-17H2,2-3H3,(H,26,27)(H2,23,24,25);1H. The molecule has 0 atom stereocenters. The van der Waals surface area contributed by atoms with Gasteiger partial charge in [0.05, 0.1) is 6.54 Å². The van der Waals surface area contributed by atoms with Crippen molar-refractivity contribution in [3.05, 3.63) is 29.8 Å². The lowest BCUT2D eigenvalue weighted by molar-refractivity contribution is -0.115.